The molecule has 1 aromatic carbocycles. The zero-order valence-corrected chi connectivity index (χ0v) is 10.5. The maximum absolute atomic E-state index is 13.6. The first kappa shape index (κ1) is 11.3. The van der Waals surface area contributed by atoms with Crippen LogP contribution in [0.5, 0.6) is 0 Å². The lowest BCUT2D eigenvalue weighted by molar-refractivity contribution is 0.0693. The number of rotatable bonds is 3. The molecule has 1 aromatic rings. The molecular weight excluding hydrogens is 245 g/mol. The molecule has 100 valence electrons. The Hall–Kier alpha value is -1.58. The van der Waals surface area contributed by atoms with Crippen LogP contribution in [-0.4, -0.2) is 17.1 Å². The van der Waals surface area contributed by atoms with Gasteiger partial charge in [-0.3, -0.25) is 0 Å². The number of benzene rings is 1. The summed E-state index contributed by atoms with van der Waals surface area (Å²) >= 11 is 0. The molecule has 4 heteroatoms. The fourth-order valence-corrected chi connectivity index (χ4v) is 4.56. The first-order valence-electron chi connectivity index (χ1n) is 6.95. The van der Waals surface area contributed by atoms with Gasteiger partial charge in [-0.05, 0) is 55.1 Å². The van der Waals surface area contributed by atoms with Crippen LogP contribution in [0.2, 0.25) is 0 Å². The van der Waals surface area contributed by atoms with Gasteiger partial charge >= 0.3 is 5.97 Å². The number of halogens is 1. The summed E-state index contributed by atoms with van der Waals surface area (Å²) in [6, 6.07) is 4.80. The Balaban J connectivity index is 1.59. The Kier molecular flexibility index (Phi) is 2.20. The normalized spacial score (nSPS) is 38.1. The summed E-state index contributed by atoms with van der Waals surface area (Å²) in [4.78, 5) is 11.2. The van der Waals surface area contributed by atoms with E-state index < -0.39 is 11.8 Å². The third-order valence-electron chi connectivity index (χ3n) is 5.28. The van der Waals surface area contributed by atoms with E-state index in [0.29, 0.717) is 23.6 Å². The van der Waals surface area contributed by atoms with Gasteiger partial charge in [0, 0.05) is 6.04 Å². The average molecular weight is 261 g/mol. The first-order valence-corrected chi connectivity index (χ1v) is 6.95. The van der Waals surface area contributed by atoms with Crippen LogP contribution >= 0.6 is 0 Å². The first-order chi connectivity index (χ1) is 9.16. The van der Waals surface area contributed by atoms with E-state index in [9.17, 15) is 9.18 Å². The van der Waals surface area contributed by atoms with Gasteiger partial charge in [0.1, 0.15) is 11.4 Å². The Morgan fingerprint density at radius 2 is 1.95 bits per heavy atom. The van der Waals surface area contributed by atoms with E-state index in [4.69, 9.17) is 5.11 Å². The topological polar surface area (TPSA) is 49.3 Å². The number of hydrogen-bond donors (Lipinski definition) is 2. The number of hydrogen-bond acceptors (Lipinski definition) is 2. The maximum Gasteiger partial charge on any atom is 0.340 e. The molecule has 2 N–H and O–H groups in total. The molecule has 19 heavy (non-hydrogen) atoms. The van der Waals surface area contributed by atoms with E-state index in [1.54, 1.807) is 12.1 Å². The molecule has 0 amide bonds. The number of nitrogens with one attached hydrogen (secondary N) is 1. The number of carboxylic acids is 1. The quantitative estimate of drug-likeness (QED) is 0.879. The summed E-state index contributed by atoms with van der Waals surface area (Å²) in [5.41, 5.74) is 0.214. The van der Waals surface area contributed by atoms with Crippen LogP contribution in [0.25, 0.3) is 0 Å². The largest absolute Gasteiger partial charge is 0.478 e. The fourth-order valence-electron chi connectivity index (χ4n) is 4.56. The van der Waals surface area contributed by atoms with Gasteiger partial charge in [-0.25, -0.2) is 9.18 Å². The number of anilines is 1. The van der Waals surface area contributed by atoms with Gasteiger partial charge < -0.3 is 10.4 Å². The number of aromatic carboxylic acids is 1. The third-order valence-corrected chi connectivity index (χ3v) is 5.28. The fraction of sp³-hybridized carbons (Fsp3) is 0.533. The van der Waals surface area contributed by atoms with Gasteiger partial charge in [0.15, 0.2) is 0 Å². The zero-order valence-electron chi connectivity index (χ0n) is 10.5. The monoisotopic (exact) mass is 261 g/mol. The summed E-state index contributed by atoms with van der Waals surface area (Å²) in [6.45, 7) is 0. The molecule has 3 aliphatic carbocycles. The molecule has 3 fully saturated rings. The Bertz CT molecular complexity index is 543. The molecular formula is C15H16FNO2. The Labute approximate surface area is 110 Å². The second-order valence-electron chi connectivity index (χ2n) is 6.13. The minimum absolute atomic E-state index is 0.222. The van der Waals surface area contributed by atoms with Gasteiger partial charge in [0.2, 0.25) is 0 Å². The third kappa shape index (κ3) is 1.52. The van der Waals surface area contributed by atoms with E-state index in [1.807, 2.05) is 0 Å². The van der Waals surface area contributed by atoms with E-state index in [0.717, 1.165) is 11.8 Å². The van der Waals surface area contributed by atoms with Crippen molar-refractivity contribution in [2.24, 2.45) is 23.7 Å². The molecule has 4 atom stereocenters. The maximum atomic E-state index is 13.6. The van der Waals surface area contributed by atoms with Crippen LogP contribution in [0, 0.1) is 29.5 Å². The van der Waals surface area contributed by atoms with Crippen molar-refractivity contribution in [1.82, 2.24) is 0 Å². The molecule has 4 rings (SSSR count). The van der Waals surface area contributed by atoms with Gasteiger partial charge in [-0.2, -0.15) is 0 Å². The van der Waals surface area contributed by atoms with E-state index in [2.05, 4.69) is 5.32 Å². The van der Waals surface area contributed by atoms with Crippen molar-refractivity contribution in [3.8, 4) is 0 Å². The predicted octanol–water partition coefficient (Wildman–Crippen LogP) is 2.98. The zero-order chi connectivity index (χ0) is 13.1. The van der Waals surface area contributed by atoms with Crippen molar-refractivity contribution in [1.29, 1.82) is 0 Å². The van der Waals surface area contributed by atoms with E-state index in [1.165, 1.54) is 25.3 Å². The number of carboxylic acid groups (broad SMARTS) is 1. The van der Waals surface area contributed by atoms with Gasteiger partial charge in [0.25, 0.3) is 0 Å². The van der Waals surface area contributed by atoms with Crippen molar-refractivity contribution in [3.05, 3.63) is 29.6 Å². The highest BCUT2D eigenvalue weighted by Crippen LogP contribution is 2.66. The van der Waals surface area contributed by atoms with Crippen LogP contribution < -0.4 is 5.32 Å². The number of fused-ring (bicyclic) bond motifs is 5. The summed E-state index contributed by atoms with van der Waals surface area (Å²) in [5.74, 6) is 1.16. The van der Waals surface area contributed by atoms with E-state index in [-0.39, 0.29) is 5.56 Å². The highest BCUT2D eigenvalue weighted by atomic mass is 19.1. The highest BCUT2D eigenvalue weighted by Gasteiger charge is 2.65. The molecule has 0 radical (unpaired) electrons. The summed E-state index contributed by atoms with van der Waals surface area (Å²) in [5, 5.41) is 12.4. The molecule has 0 aromatic heterocycles. The van der Waals surface area contributed by atoms with Crippen LogP contribution in [0.1, 0.15) is 29.6 Å². The molecule has 0 spiro atoms. The Morgan fingerprint density at radius 1 is 1.26 bits per heavy atom. The molecule has 2 bridgehead atoms. The standard InChI is InChI=1S/C15H16FNO2/c16-9-2-1-3-10(13(9)15(18)19)17-14-11-7-4-5-8(6-7)12(11)14/h1-3,7-8,11-12,14,17H,4-6H2,(H,18,19). The average Bonchev–Trinajstić information content (AvgIpc) is 2.78. The summed E-state index contributed by atoms with van der Waals surface area (Å²) in [6.07, 6.45) is 3.99. The second-order valence-corrected chi connectivity index (χ2v) is 6.13. The molecule has 4 unspecified atom stereocenters. The van der Waals surface area contributed by atoms with Gasteiger partial charge in [-0.1, -0.05) is 6.07 Å². The predicted molar refractivity (Wildman–Crippen MR) is 68.6 cm³/mol. The SMILES string of the molecule is O=C(O)c1c(F)cccc1NC1C2C3CCC(C3)C12. The lowest BCUT2D eigenvalue weighted by Crippen LogP contribution is -2.16. The summed E-state index contributed by atoms with van der Waals surface area (Å²) < 4.78 is 13.6. The summed E-state index contributed by atoms with van der Waals surface area (Å²) in [7, 11) is 0. The lowest BCUT2D eigenvalue weighted by atomic mass is 10.0. The van der Waals surface area contributed by atoms with Crippen molar-refractivity contribution >= 4 is 11.7 Å². The van der Waals surface area contributed by atoms with Crippen molar-refractivity contribution < 1.29 is 14.3 Å². The van der Waals surface area contributed by atoms with E-state index >= 15 is 0 Å². The van der Waals surface area contributed by atoms with Crippen LogP contribution in [0.4, 0.5) is 10.1 Å². The lowest BCUT2D eigenvalue weighted by Gasteiger charge is -2.14. The molecule has 0 saturated heterocycles. The van der Waals surface area contributed by atoms with Crippen LogP contribution in [0.15, 0.2) is 18.2 Å². The minimum Gasteiger partial charge on any atom is -0.478 e. The minimum atomic E-state index is -1.20. The molecule has 3 saturated carbocycles. The molecule has 3 nitrogen and oxygen atoms in total. The van der Waals surface area contributed by atoms with Crippen molar-refractivity contribution in [2.45, 2.75) is 25.3 Å². The van der Waals surface area contributed by atoms with Crippen LogP contribution in [-0.2, 0) is 0 Å². The smallest absolute Gasteiger partial charge is 0.340 e. The Morgan fingerprint density at radius 3 is 2.58 bits per heavy atom. The van der Waals surface area contributed by atoms with Gasteiger partial charge in [-0.15, -0.1) is 0 Å². The van der Waals surface area contributed by atoms with Crippen molar-refractivity contribution in [2.75, 3.05) is 5.32 Å². The molecule has 3 aliphatic rings. The molecule has 0 heterocycles. The van der Waals surface area contributed by atoms with Crippen molar-refractivity contribution in [3.63, 3.8) is 0 Å². The number of carbonyl (C=O) groups is 1. The van der Waals surface area contributed by atoms with Gasteiger partial charge in [0.05, 0.1) is 5.69 Å². The van der Waals surface area contributed by atoms with Crippen LogP contribution in [0.3, 0.4) is 0 Å². The second kappa shape index (κ2) is 3.71. The highest BCUT2D eigenvalue weighted by molar-refractivity contribution is 5.94. The molecule has 0 aliphatic heterocycles.